The number of pyridine rings is 1. The van der Waals surface area contributed by atoms with Gasteiger partial charge in [-0.2, -0.15) is 0 Å². The van der Waals surface area contributed by atoms with Crippen LogP contribution in [0.4, 0.5) is 5.69 Å². The van der Waals surface area contributed by atoms with E-state index in [9.17, 15) is 10.1 Å². The number of non-ortho nitro benzene ring substituents is 1. The fourth-order valence-corrected chi connectivity index (χ4v) is 2.41. The molecule has 0 aliphatic heterocycles. The second-order valence-electron chi connectivity index (χ2n) is 5.40. The SMILES string of the molecule is O=[N+]([O-])c1cccc(OCCOCCOc2cccc3cccnc23)c1. The first-order chi connectivity index (χ1) is 12.7. The van der Waals surface area contributed by atoms with Gasteiger partial charge in [0.2, 0.25) is 0 Å². The summed E-state index contributed by atoms with van der Waals surface area (Å²) in [5, 5.41) is 11.7. The monoisotopic (exact) mass is 354 g/mol. The molecule has 0 fully saturated rings. The van der Waals surface area contributed by atoms with Crippen LogP contribution < -0.4 is 9.47 Å². The minimum Gasteiger partial charge on any atom is -0.491 e. The third kappa shape index (κ3) is 4.67. The predicted molar refractivity (Wildman–Crippen MR) is 96.6 cm³/mol. The molecule has 0 bridgehead atoms. The molecule has 0 aliphatic rings. The molecule has 7 nitrogen and oxygen atoms in total. The number of hydrogen-bond acceptors (Lipinski definition) is 6. The first-order valence-electron chi connectivity index (χ1n) is 8.15. The molecule has 0 saturated carbocycles. The zero-order valence-corrected chi connectivity index (χ0v) is 14.0. The van der Waals surface area contributed by atoms with Gasteiger partial charge in [0.25, 0.3) is 5.69 Å². The molecule has 0 spiro atoms. The van der Waals surface area contributed by atoms with Gasteiger partial charge in [0.05, 0.1) is 24.2 Å². The van der Waals surface area contributed by atoms with E-state index in [1.807, 2.05) is 30.3 Å². The van der Waals surface area contributed by atoms with Crippen molar-refractivity contribution in [2.75, 3.05) is 26.4 Å². The number of benzene rings is 2. The van der Waals surface area contributed by atoms with Crippen molar-refractivity contribution in [3.05, 3.63) is 70.9 Å². The lowest BCUT2D eigenvalue weighted by atomic mass is 10.2. The number of ether oxygens (including phenoxy) is 3. The van der Waals surface area contributed by atoms with Crippen LogP contribution in [-0.4, -0.2) is 36.3 Å². The third-order valence-corrected chi connectivity index (χ3v) is 3.61. The van der Waals surface area contributed by atoms with Crippen molar-refractivity contribution in [2.45, 2.75) is 0 Å². The second-order valence-corrected chi connectivity index (χ2v) is 5.40. The molecule has 0 atom stereocenters. The lowest BCUT2D eigenvalue weighted by Crippen LogP contribution is -2.12. The maximum Gasteiger partial charge on any atom is 0.273 e. The highest BCUT2D eigenvalue weighted by Crippen LogP contribution is 2.22. The Morgan fingerprint density at radius 2 is 1.69 bits per heavy atom. The number of para-hydroxylation sites is 1. The number of nitrogens with zero attached hydrogens (tertiary/aromatic N) is 2. The van der Waals surface area contributed by atoms with Gasteiger partial charge in [0.1, 0.15) is 30.2 Å². The summed E-state index contributed by atoms with van der Waals surface area (Å²) in [6.45, 7) is 1.46. The number of fused-ring (bicyclic) bond motifs is 1. The minimum absolute atomic E-state index is 0.000477. The average molecular weight is 354 g/mol. The van der Waals surface area contributed by atoms with E-state index in [1.54, 1.807) is 18.3 Å². The van der Waals surface area contributed by atoms with E-state index in [1.165, 1.54) is 12.1 Å². The zero-order valence-electron chi connectivity index (χ0n) is 14.0. The topological polar surface area (TPSA) is 83.7 Å². The quantitative estimate of drug-likeness (QED) is 0.331. The van der Waals surface area contributed by atoms with Crippen molar-refractivity contribution in [2.24, 2.45) is 0 Å². The second kappa shape index (κ2) is 8.77. The van der Waals surface area contributed by atoms with Gasteiger partial charge in [0, 0.05) is 17.6 Å². The maximum absolute atomic E-state index is 10.7. The Balaban J connectivity index is 1.37. The summed E-state index contributed by atoms with van der Waals surface area (Å²) in [6, 6.07) is 15.7. The molecule has 7 heteroatoms. The van der Waals surface area contributed by atoms with Crippen LogP contribution in [0.25, 0.3) is 10.9 Å². The molecular formula is C19H18N2O5. The van der Waals surface area contributed by atoms with E-state index < -0.39 is 4.92 Å². The maximum atomic E-state index is 10.7. The fraction of sp³-hybridized carbons (Fsp3) is 0.211. The summed E-state index contributed by atoms with van der Waals surface area (Å²) in [5.41, 5.74) is 0.824. The Morgan fingerprint density at radius 1 is 0.923 bits per heavy atom. The molecule has 0 saturated heterocycles. The summed E-state index contributed by atoms with van der Waals surface area (Å²) < 4.78 is 16.6. The van der Waals surface area contributed by atoms with E-state index >= 15 is 0 Å². The molecule has 1 aromatic heterocycles. The summed E-state index contributed by atoms with van der Waals surface area (Å²) in [5.74, 6) is 1.17. The van der Waals surface area contributed by atoms with E-state index in [2.05, 4.69) is 4.98 Å². The molecule has 3 aromatic rings. The van der Waals surface area contributed by atoms with Crippen LogP contribution in [0.2, 0.25) is 0 Å². The highest BCUT2D eigenvalue weighted by atomic mass is 16.6. The Labute approximate surface area is 150 Å². The van der Waals surface area contributed by atoms with Gasteiger partial charge in [-0.3, -0.25) is 15.1 Å². The van der Waals surface area contributed by atoms with E-state index in [4.69, 9.17) is 14.2 Å². The van der Waals surface area contributed by atoms with Gasteiger partial charge >= 0.3 is 0 Å². The van der Waals surface area contributed by atoms with Crippen LogP contribution in [0, 0.1) is 10.1 Å². The molecule has 0 amide bonds. The van der Waals surface area contributed by atoms with Crippen molar-refractivity contribution in [1.29, 1.82) is 0 Å². The van der Waals surface area contributed by atoms with Crippen molar-refractivity contribution in [3.63, 3.8) is 0 Å². The molecule has 1 heterocycles. The average Bonchev–Trinajstić information content (AvgIpc) is 2.67. The lowest BCUT2D eigenvalue weighted by Gasteiger charge is -2.10. The van der Waals surface area contributed by atoms with Crippen LogP contribution in [0.1, 0.15) is 0 Å². The van der Waals surface area contributed by atoms with Crippen LogP contribution in [0.3, 0.4) is 0 Å². The van der Waals surface area contributed by atoms with Crippen LogP contribution in [0.15, 0.2) is 60.8 Å². The molecule has 0 N–H and O–H groups in total. The summed E-state index contributed by atoms with van der Waals surface area (Å²) >= 11 is 0. The molecule has 2 aromatic carbocycles. The molecule has 0 radical (unpaired) electrons. The number of rotatable bonds is 9. The highest BCUT2D eigenvalue weighted by Gasteiger charge is 2.06. The van der Waals surface area contributed by atoms with E-state index in [-0.39, 0.29) is 5.69 Å². The van der Waals surface area contributed by atoms with Gasteiger partial charge < -0.3 is 14.2 Å². The molecule has 26 heavy (non-hydrogen) atoms. The van der Waals surface area contributed by atoms with Crippen molar-refractivity contribution in [3.8, 4) is 11.5 Å². The molecule has 3 rings (SSSR count). The van der Waals surface area contributed by atoms with E-state index in [0.29, 0.717) is 32.2 Å². The normalized spacial score (nSPS) is 10.6. The van der Waals surface area contributed by atoms with Crippen LogP contribution in [0.5, 0.6) is 11.5 Å². The van der Waals surface area contributed by atoms with Gasteiger partial charge in [-0.05, 0) is 18.2 Å². The van der Waals surface area contributed by atoms with Gasteiger partial charge in [-0.15, -0.1) is 0 Å². The fourth-order valence-electron chi connectivity index (χ4n) is 2.41. The Kier molecular flexibility index (Phi) is 5.95. The van der Waals surface area contributed by atoms with Crippen LogP contribution >= 0.6 is 0 Å². The predicted octanol–water partition coefficient (Wildman–Crippen LogP) is 3.62. The Morgan fingerprint density at radius 3 is 2.54 bits per heavy atom. The number of nitro groups is 1. The molecule has 0 unspecified atom stereocenters. The Hall–Kier alpha value is -3.19. The zero-order chi connectivity index (χ0) is 18.2. The molecule has 0 aliphatic carbocycles. The van der Waals surface area contributed by atoms with Crippen LogP contribution in [-0.2, 0) is 4.74 Å². The molecular weight excluding hydrogens is 336 g/mol. The summed E-state index contributed by atoms with van der Waals surface area (Å²) in [4.78, 5) is 14.6. The van der Waals surface area contributed by atoms with Gasteiger partial charge in [-0.1, -0.05) is 24.3 Å². The third-order valence-electron chi connectivity index (χ3n) is 3.61. The number of hydrogen-bond donors (Lipinski definition) is 0. The first-order valence-corrected chi connectivity index (χ1v) is 8.15. The smallest absolute Gasteiger partial charge is 0.273 e. The number of aromatic nitrogens is 1. The summed E-state index contributed by atoms with van der Waals surface area (Å²) in [7, 11) is 0. The minimum atomic E-state index is -0.456. The molecule has 134 valence electrons. The summed E-state index contributed by atoms with van der Waals surface area (Å²) in [6.07, 6.45) is 1.73. The van der Waals surface area contributed by atoms with Gasteiger partial charge in [-0.25, -0.2) is 0 Å². The van der Waals surface area contributed by atoms with Crippen molar-refractivity contribution in [1.82, 2.24) is 4.98 Å². The van der Waals surface area contributed by atoms with Crippen molar-refractivity contribution >= 4 is 16.6 Å². The first kappa shape index (κ1) is 17.6. The largest absolute Gasteiger partial charge is 0.491 e. The van der Waals surface area contributed by atoms with Gasteiger partial charge in [0.15, 0.2) is 0 Å². The van der Waals surface area contributed by atoms with Crippen molar-refractivity contribution < 1.29 is 19.1 Å². The Bertz CT molecular complexity index is 879. The highest BCUT2D eigenvalue weighted by molar-refractivity contribution is 5.84. The standard InChI is InChI=1S/C19H18N2O5/c22-21(23)16-6-2-7-17(14-16)25-12-10-24-11-13-26-18-8-1-4-15-5-3-9-20-19(15)18/h1-9,14H,10-13H2. The number of nitro benzene ring substituents is 1. The lowest BCUT2D eigenvalue weighted by molar-refractivity contribution is -0.384. The van der Waals surface area contributed by atoms with E-state index in [0.717, 1.165) is 16.7 Å².